The highest BCUT2D eigenvalue weighted by Crippen LogP contribution is 2.22. The molecular weight excluding hydrogens is 416 g/mol. The number of nitrogens with zero attached hydrogens (tertiary/aromatic N) is 2. The number of esters is 1. The predicted octanol–water partition coefficient (Wildman–Crippen LogP) is 5.56. The highest BCUT2D eigenvalue weighted by atomic mass is 32.2. The van der Waals surface area contributed by atoms with Crippen molar-refractivity contribution in [2.24, 2.45) is 10.2 Å². The van der Waals surface area contributed by atoms with E-state index < -0.39 is 9.84 Å². The van der Waals surface area contributed by atoms with Gasteiger partial charge >= 0.3 is 5.97 Å². The molecule has 0 atom stereocenters. The van der Waals surface area contributed by atoms with Crippen molar-refractivity contribution in [3.63, 3.8) is 0 Å². The average Bonchev–Trinajstić information content (AvgIpc) is 2.74. The van der Waals surface area contributed by atoms with E-state index in [4.69, 9.17) is 9.47 Å². The molecule has 0 aliphatic heterocycles. The van der Waals surface area contributed by atoms with Gasteiger partial charge in [-0.3, -0.25) is 0 Å². The second kappa shape index (κ2) is 12.0. The molecule has 31 heavy (non-hydrogen) atoms. The molecule has 0 aromatic heterocycles. The molecule has 2 rings (SSSR count). The monoisotopic (exact) mass is 444 g/mol. The van der Waals surface area contributed by atoms with Crippen LogP contribution >= 0.6 is 0 Å². The van der Waals surface area contributed by atoms with E-state index >= 15 is 0 Å². The maximum atomic E-state index is 11.5. The summed E-state index contributed by atoms with van der Waals surface area (Å²) in [6, 6.07) is 13.5. The van der Waals surface area contributed by atoms with Crippen molar-refractivity contribution < 1.29 is 22.7 Å². The van der Waals surface area contributed by atoms with Crippen LogP contribution in [0.4, 0.5) is 11.4 Å². The molecule has 0 N–H and O–H groups in total. The Morgan fingerprint density at radius 3 is 1.90 bits per heavy atom. The van der Waals surface area contributed by atoms with Gasteiger partial charge in [0.2, 0.25) is 0 Å². The minimum atomic E-state index is -3.22. The second-order valence-corrected chi connectivity index (χ2v) is 9.15. The molecule has 8 heteroatoms. The van der Waals surface area contributed by atoms with Crippen LogP contribution in [0.15, 0.2) is 75.8 Å². The Morgan fingerprint density at radius 2 is 1.39 bits per heavy atom. The van der Waals surface area contributed by atoms with Gasteiger partial charge in [0.1, 0.15) is 5.75 Å². The number of carbonyl (C=O) groups excluding carboxylic acids is 1. The number of sulfone groups is 1. The number of unbranched alkanes of at least 4 members (excludes halogenated alkanes) is 3. The summed E-state index contributed by atoms with van der Waals surface area (Å²) in [6.45, 7) is 6.21. The van der Waals surface area contributed by atoms with Crippen molar-refractivity contribution in [1.82, 2.24) is 0 Å². The smallest absolute Gasteiger partial charge is 0.333 e. The standard InChI is InChI=1S/C23H28N2O5S/c1-18(2)23(26)30-17-7-5-4-6-16-29-21-12-8-19(9-13-21)24-25-20-10-14-22(15-11-20)31(3,27)28/h8-15H,1,4-7,16-17H2,2-3H3. The first-order valence-corrected chi connectivity index (χ1v) is 11.9. The predicted molar refractivity (Wildman–Crippen MR) is 120 cm³/mol. The number of hydrogen-bond donors (Lipinski definition) is 0. The van der Waals surface area contributed by atoms with Gasteiger partial charge in [0.25, 0.3) is 0 Å². The number of ether oxygens (including phenoxy) is 2. The Kier molecular flexibility index (Phi) is 9.40. The van der Waals surface area contributed by atoms with Crippen LogP contribution in [0.5, 0.6) is 5.75 Å². The van der Waals surface area contributed by atoms with Gasteiger partial charge < -0.3 is 9.47 Å². The molecule has 0 bridgehead atoms. The van der Waals surface area contributed by atoms with Gasteiger partial charge in [0.05, 0.1) is 29.5 Å². The highest BCUT2D eigenvalue weighted by molar-refractivity contribution is 7.90. The first kappa shape index (κ1) is 24.3. The van der Waals surface area contributed by atoms with Crippen LogP contribution in [0.25, 0.3) is 0 Å². The Bertz CT molecular complexity index is 997. The van der Waals surface area contributed by atoms with Crippen molar-refractivity contribution in [2.45, 2.75) is 37.5 Å². The third-order valence-corrected chi connectivity index (χ3v) is 5.40. The van der Waals surface area contributed by atoms with E-state index in [0.717, 1.165) is 37.7 Å². The minimum absolute atomic E-state index is 0.249. The molecular formula is C23H28N2O5S. The van der Waals surface area contributed by atoms with Crippen LogP contribution in [0.3, 0.4) is 0 Å². The lowest BCUT2D eigenvalue weighted by atomic mass is 10.2. The van der Waals surface area contributed by atoms with E-state index in [9.17, 15) is 13.2 Å². The molecule has 2 aromatic rings. The van der Waals surface area contributed by atoms with Gasteiger partial charge in [-0.25, -0.2) is 13.2 Å². The highest BCUT2D eigenvalue weighted by Gasteiger charge is 2.05. The van der Waals surface area contributed by atoms with Crippen LogP contribution in [0.1, 0.15) is 32.6 Å². The van der Waals surface area contributed by atoms with E-state index in [1.807, 2.05) is 12.1 Å². The second-order valence-electron chi connectivity index (χ2n) is 7.14. The van der Waals surface area contributed by atoms with Gasteiger partial charge in [0, 0.05) is 11.8 Å². The van der Waals surface area contributed by atoms with Gasteiger partial charge in [-0.1, -0.05) is 6.58 Å². The molecule has 0 aliphatic carbocycles. The molecule has 0 saturated carbocycles. The molecule has 0 spiro atoms. The Hall–Kier alpha value is -3.00. The Balaban J connectivity index is 1.67. The zero-order valence-electron chi connectivity index (χ0n) is 17.9. The Labute approximate surface area is 183 Å². The lowest BCUT2D eigenvalue weighted by Gasteiger charge is -2.07. The van der Waals surface area contributed by atoms with E-state index in [-0.39, 0.29) is 10.9 Å². The molecule has 0 fully saturated rings. The first-order chi connectivity index (χ1) is 14.8. The molecule has 2 aromatic carbocycles. The van der Waals surface area contributed by atoms with E-state index in [1.165, 1.54) is 12.1 Å². The summed E-state index contributed by atoms with van der Waals surface area (Å²) >= 11 is 0. The van der Waals surface area contributed by atoms with Crippen molar-refractivity contribution in [1.29, 1.82) is 0 Å². The summed E-state index contributed by atoms with van der Waals surface area (Å²) in [4.78, 5) is 11.5. The summed E-state index contributed by atoms with van der Waals surface area (Å²) in [5, 5.41) is 8.26. The first-order valence-electron chi connectivity index (χ1n) is 10.0. The fourth-order valence-corrected chi connectivity index (χ4v) is 3.15. The van der Waals surface area contributed by atoms with Crippen LogP contribution in [-0.2, 0) is 19.4 Å². The van der Waals surface area contributed by atoms with Gasteiger partial charge in [-0.05, 0) is 81.1 Å². The van der Waals surface area contributed by atoms with Crippen molar-refractivity contribution in [2.75, 3.05) is 19.5 Å². The van der Waals surface area contributed by atoms with Gasteiger partial charge in [0.15, 0.2) is 9.84 Å². The average molecular weight is 445 g/mol. The number of carbonyl (C=O) groups is 1. The maximum Gasteiger partial charge on any atom is 0.333 e. The van der Waals surface area contributed by atoms with Crippen LogP contribution in [-0.4, -0.2) is 33.9 Å². The minimum Gasteiger partial charge on any atom is -0.494 e. The molecule has 0 amide bonds. The molecule has 0 heterocycles. The number of azo groups is 1. The van der Waals surface area contributed by atoms with Crippen molar-refractivity contribution in [3.8, 4) is 5.75 Å². The quantitative estimate of drug-likeness (QED) is 0.185. The van der Waals surface area contributed by atoms with E-state index in [1.54, 1.807) is 31.2 Å². The zero-order chi connectivity index (χ0) is 22.7. The number of benzene rings is 2. The molecule has 166 valence electrons. The number of hydrogen-bond acceptors (Lipinski definition) is 7. The fourth-order valence-electron chi connectivity index (χ4n) is 2.52. The number of rotatable bonds is 12. The summed E-state index contributed by atoms with van der Waals surface area (Å²) in [6.07, 6.45) is 4.87. The van der Waals surface area contributed by atoms with Gasteiger partial charge in [-0.15, -0.1) is 0 Å². The summed E-state index contributed by atoms with van der Waals surface area (Å²) < 4.78 is 33.7. The summed E-state index contributed by atoms with van der Waals surface area (Å²) in [7, 11) is -3.22. The third kappa shape index (κ3) is 9.13. The van der Waals surface area contributed by atoms with Crippen LogP contribution in [0, 0.1) is 0 Å². The van der Waals surface area contributed by atoms with E-state index in [0.29, 0.717) is 30.2 Å². The van der Waals surface area contributed by atoms with Crippen LogP contribution in [0.2, 0.25) is 0 Å². The van der Waals surface area contributed by atoms with Crippen molar-refractivity contribution in [3.05, 3.63) is 60.7 Å². The largest absolute Gasteiger partial charge is 0.494 e. The molecule has 0 radical (unpaired) electrons. The summed E-state index contributed by atoms with van der Waals surface area (Å²) in [5.41, 5.74) is 1.66. The fraction of sp³-hybridized carbons (Fsp3) is 0.348. The maximum absolute atomic E-state index is 11.5. The SMILES string of the molecule is C=C(C)C(=O)OCCCCCCOc1ccc(N=Nc2ccc(S(C)(=O)=O)cc2)cc1. The normalized spacial score (nSPS) is 11.4. The third-order valence-electron chi connectivity index (χ3n) is 4.27. The Morgan fingerprint density at radius 1 is 0.871 bits per heavy atom. The zero-order valence-corrected chi connectivity index (χ0v) is 18.7. The van der Waals surface area contributed by atoms with Crippen molar-refractivity contribution >= 4 is 27.2 Å². The lowest BCUT2D eigenvalue weighted by Crippen LogP contribution is -2.06. The summed E-state index contributed by atoms with van der Waals surface area (Å²) in [5.74, 6) is 0.419. The molecule has 7 nitrogen and oxygen atoms in total. The van der Waals surface area contributed by atoms with Gasteiger partial charge in [-0.2, -0.15) is 10.2 Å². The topological polar surface area (TPSA) is 94.4 Å². The van der Waals surface area contributed by atoms with E-state index in [2.05, 4.69) is 16.8 Å². The molecule has 0 saturated heterocycles. The van der Waals surface area contributed by atoms with Crippen LogP contribution < -0.4 is 4.74 Å². The molecule has 0 unspecified atom stereocenters. The molecule has 0 aliphatic rings. The lowest BCUT2D eigenvalue weighted by molar-refractivity contribution is -0.139.